The molecule has 2 N–H and O–H groups in total. The number of anilines is 1. The highest BCUT2D eigenvalue weighted by Crippen LogP contribution is 2.41. The number of Topliss-reactive ketones (excluding diaryl/α,β-unsaturated/α-hetero) is 1. The standard InChI is InChI=1S/C22H20FN3O3/c1-12(2)10-17(27)18-19(13-6-4-3-5-7-13)26(21(29)20(18)28)22-24-15-9-8-14(23)11-16(15)25-22/h3-9,11-12,19,28H,10H2,1-2H3,(H,24,25). The molecule has 0 spiro atoms. The van der Waals surface area contributed by atoms with Crippen LogP contribution in [0.25, 0.3) is 11.0 Å². The zero-order valence-electron chi connectivity index (χ0n) is 16.0. The summed E-state index contributed by atoms with van der Waals surface area (Å²) < 4.78 is 13.6. The van der Waals surface area contributed by atoms with Crippen molar-refractivity contribution in [1.29, 1.82) is 0 Å². The number of H-pyrrole nitrogens is 1. The van der Waals surface area contributed by atoms with Gasteiger partial charge in [0.05, 0.1) is 22.6 Å². The van der Waals surface area contributed by atoms with Gasteiger partial charge in [-0.25, -0.2) is 9.37 Å². The van der Waals surface area contributed by atoms with Gasteiger partial charge >= 0.3 is 0 Å². The number of imidazole rings is 1. The van der Waals surface area contributed by atoms with E-state index in [2.05, 4.69) is 9.97 Å². The number of hydrogen-bond acceptors (Lipinski definition) is 4. The first-order chi connectivity index (χ1) is 13.9. The summed E-state index contributed by atoms with van der Waals surface area (Å²) in [6.07, 6.45) is 0.204. The van der Waals surface area contributed by atoms with E-state index in [1.165, 1.54) is 23.1 Å². The molecular weight excluding hydrogens is 373 g/mol. The van der Waals surface area contributed by atoms with Gasteiger partial charge in [-0.15, -0.1) is 0 Å². The van der Waals surface area contributed by atoms with Crippen LogP contribution in [-0.2, 0) is 9.59 Å². The van der Waals surface area contributed by atoms with Crippen molar-refractivity contribution in [2.24, 2.45) is 5.92 Å². The van der Waals surface area contributed by atoms with Gasteiger partial charge in [0, 0.05) is 6.42 Å². The first-order valence-electron chi connectivity index (χ1n) is 9.37. The molecule has 3 aromatic rings. The van der Waals surface area contributed by atoms with Gasteiger partial charge in [-0.2, -0.15) is 0 Å². The molecular formula is C22H20FN3O3. The Morgan fingerprint density at radius 3 is 2.66 bits per heavy atom. The molecule has 0 radical (unpaired) electrons. The fourth-order valence-corrected chi connectivity index (χ4v) is 3.62. The van der Waals surface area contributed by atoms with Crippen LogP contribution in [0.1, 0.15) is 31.9 Å². The highest BCUT2D eigenvalue weighted by Gasteiger charge is 2.45. The fraction of sp³-hybridized carbons (Fsp3) is 0.227. The lowest BCUT2D eigenvalue weighted by Crippen LogP contribution is -2.32. The summed E-state index contributed by atoms with van der Waals surface area (Å²) in [5.41, 5.74) is 1.62. The van der Waals surface area contributed by atoms with E-state index in [1.807, 2.05) is 19.9 Å². The van der Waals surface area contributed by atoms with Crippen molar-refractivity contribution in [3.8, 4) is 0 Å². The van der Waals surface area contributed by atoms with Gasteiger partial charge in [-0.3, -0.25) is 14.5 Å². The topological polar surface area (TPSA) is 86.3 Å². The molecule has 1 aliphatic rings. The van der Waals surface area contributed by atoms with Crippen LogP contribution in [0.2, 0.25) is 0 Å². The van der Waals surface area contributed by atoms with E-state index in [-0.39, 0.29) is 29.6 Å². The molecule has 1 unspecified atom stereocenters. The van der Waals surface area contributed by atoms with Crippen LogP contribution in [0.4, 0.5) is 10.3 Å². The van der Waals surface area contributed by atoms with Crippen molar-refractivity contribution in [1.82, 2.24) is 9.97 Å². The summed E-state index contributed by atoms with van der Waals surface area (Å²) in [6.45, 7) is 3.80. The Bertz CT molecular complexity index is 1130. The predicted molar refractivity (Wildman–Crippen MR) is 107 cm³/mol. The molecule has 7 heteroatoms. The van der Waals surface area contributed by atoms with Crippen LogP contribution in [0.5, 0.6) is 0 Å². The van der Waals surface area contributed by atoms with Crippen LogP contribution in [0, 0.1) is 11.7 Å². The predicted octanol–water partition coefficient (Wildman–Crippen LogP) is 4.22. The number of carbonyl (C=O) groups is 2. The van der Waals surface area contributed by atoms with Crippen LogP contribution in [0.3, 0.4) is 0 Å². The number of benzene rings is 2. The van der Waals surface area contributed by atoms with Gasteiger partial charge in [0.1, 0.15) is 5.82 Å². The molecule has 0 bridgehead atoms. The normalized spacial score (nSPS) is 17.0. The third-order valence-corrected chi connectivity index (χ3v) is 4.88. The van der Waals surface area contributed by atoms with Gasteiger partial charge in [0.2, 0.25) is 5.95 Å². The Morgan fingerprint density at radius 1 is 1.24 bits per heavy atom. The van der Waals surface area contributed by atoms with Crippen molar-refractivity contribution >= 4 is 28.7 Å². The number of carbonyl (C=O) groups excluding carboxylic acids is 2. The number of aromatic nitrogens is 2. The van der Waals surface area contributed by atoms with Crippen LogP contribution in [-0.4, -0.2) is 26.8 Å². The van der Waals surface area contributed by atoms with Crippen LogP contribution >= 0.6 is 0 Å². The molecule has 29 heavy (non-hydrogen) atoms. The van der Waals surface area contributed by atoms with E-state index in [0.717, 1.165) is 0 Å². The lowest BCUT2D eigenvalue weighted by Gasteiger charge is -2.24. The van der Waals surface area contributed by atoms with E-state index in [0.29, 0.717) is 16.6 Å². The summed E-state index contributed by atoms with van der Waals surface area (Å²) in [7, 11) is 0. The molecule has 2 heterocycles. The van der Waals surface area contributed by atoms with Crippen molar-refractivity contribution < 1.29 is 19.1 Å². The number of nitrogens with one attached hydrogen (secondary N) is 1. The van der Waals surface area contributed by atoms with Gasteiger partial charge < -0.3 is 10.1 Å². The van der Waals surface area contributed by atoms with Gasteiger partial charge in [-0.05, 0) is 29.7 Å². The number of hydrogen-bond donors (Lipinski definition) is 2. The third-order valence-electron chi connectivity index (χ3n) is 4.88. The third kappa shape index (κ3) is 3.29. The quantitative estimate of drug-likeness (QED) is 0.680. The van der Waals surface area contributed by atoms with Crippen LogP contribution in [0.15, 0.2) is 59.9 Å². The number of aliphatic hydroxyl groups is 1. The van der Waals surface area contributed by atoms with E-state index in [9.17, 15) is 19.1 Å². The van der Waals surface area contributed by atoms with E-state index in [4.69, 9.17) is 0 Å². The van der Waals surface area contributed by atoms with E-state index >= 15 is 0 Å². The second kappa shape index (κ2) is 7.16. The lowest BCUT2D eigenvalue weighted by molar-refractivity contribution is -0.118. The summed E-state index contributed by atoms with van der Waals surface area (Å²) in [4.78, 5) is 34.5. The van der Waals surface area contributed by atoms with Crippen molar-refractivity contribution in [3.05, 3.63) is 71.2 Å². The Labute approximate surface area is 166 Å². The average Bonchev–Trinajstić information content (AvgIpc) is 3.20. The summed E-state index contributed by atoms with van der Waals surface area (Å²) in [6, 6.07) is 12.2. The minimum absolute atomic E-state index is 0.0570. The SMILES string of the molecule is CC(C)CC(=O)C1=C(O)C(=O)N(c2nc3ccc(F)cc3[nH]2)C1c1ccccc1. The maximum Gasteiger partial charge on any atom is 0.296 e. The Kier molecular flexibility index (Phi) is 4.66. The monoisotopic (exact) mass is 393 g/mol. The molecule has 6 nitrogen and oxygen atoms in total. The first-order valence-corrected chi connectivity index (χ1v) is 9.37. The number of aliphatic hydroxyl groups excluding tert-OH is 1. The van der Waals surface area contributed by atoms with E-state index < -0.39 is 23.5 Å². The molecule has 4 rings (SSSR count). The number of halogens is 1. The first kappa shape index (κ1) is 18.9. The number of nitrogens with zero attached hydrogens (tertiary/aromatic N) is 2. The molecule has 1 aliphatic heterocycles. The summed E-state index contributed by atoms with van der Waals surface area (Å²) in [5, 5.41) is 10.6. The zero-order valence-corrected chi connectivity index (χ0v) is 16.0. The van der Waals surface area contributed by atoms with Crippen molar-refractivity contribution in [2.45, 2.75) is 26.3 Å². The summed E-state index contributed by atoms with van der Waals surface area (Å²) in [5.74, 6) is -1.80. The molecule has 1 amide bonds. The Balaban J connectivity index is 1.86. The van der Waals surface area contributed by atoms with Crippen molar-refractivity contribution in [2.75, 3.05) is 4.90 Å². The fourth-order valence-electron chi connectivity index (χ4n) is 3.62. The largest absolute Gasteiger partial charge is 0.503 e. The molecule has 0 saturated carbocycles. The van der Waals surface area contributed by atoms with Crippen molar-refractivity contribution in [3.63, 3.8) is 0 Å². The van der Waals surface area contributed by atoms with Gasteiger partial charge in [0.25, 0.3) is 5.91 Å². The van der Waals surface area contributed by atoms with Gasteiger partial charge in [-0.1, -0.05) is 44.2 Å². The molecule has 148 valence electrons. The smallest absolute Gasteiger partial charge is 0.296 e. The second-order valence-electron chi connectivity index (χ2n) is 7.49. The second-order valence-corrected chi connectivity index (χ2v) is 7.49. The Morgan fingerprint density at radius 2 is 1.97 bits per heavy atom. The molecule has 1 aromatic heterocycles. The number of rotatable bonds is 5. The summed E-state index contributed by atoms with van der Waals surface area (Å²) >= 11 is 0. The average molecular weight is 393 g/mol. The molecule has 2 aromatic carbocycles. The van der Waals surface area contributed by atoms with Gasteiger partial charge in [0.15, 0.2) is 11.5 Å². The molecule has 1 atom stereocenters. The maximum absolute atomic E-state index is 13.6. The maximum atomic E-state index is 13.6. The highest BCUT2D eigenvalue weighted by atomic mass is 19.1. The number of ketones is 1. The van der Waals surface area contributed by atoms with Crippen LogP contribution < -0.4 is 4.90 Å². The molecule has 0 fully saturated rings. The molecule has 0 aliphatic carbocycles. The van der Waals surface area contributed by atoms with E-state index in [1.54, 1.807) is 24.3 Å². The Hall–Kier alpha value is -3.48. The minimum atomic E-state index is -0.819. The highest BCUT2D eigenvalue weighted by molar-refractivity contribution is 6.16. The lowest BCUT2D eigenvalue weighted by atomic mass is 9.92. The number of amides is 1. The number of fused-ring (bicyclic) bond motifs is 1. The zero-order chi connectivity index (χ0) is 20.7. The minimum Gasteiger partial charge on any atom is -0.503 e. The number of aromatic amines is 1. The molecule has 0 saturated heterocycles.